The van der Waals surface area contributed by atoms with E-state index in [9.17, 15) is 18.3 Å². The molecule has 24 heavy (non-hydrogen) atoms. The number of aliphatic hydroxyl groups is 1. The Kier molecular flexibility index (Phi) is 5.72. The summed E-state index contributed by atoms with van der Waals surface area (Å²) in [5, 5.41) is 10.3. The van der Waals surface area contributed by atoms with Crippen LogP contribution in [0.1, 0.15) is 29.2 Å². The van der Waals surface area contributed by atoms with Crippen LogP contribution < -0.4 is 9.47 Å². The van der Waals surface area contributed by atoms with Gasteiger partial charge in [-0.2, -0.15) is 13.2 Å². The summed E-state index contributed by atoms with van der Waals surface area (Å²) >= 11 is 0. The Labute approximate surface area is 138 Å². The van der Waals surface area contributed by atoms with E-state index in [2.05, 4.69) is 0 Å². The van der Waals surface area contributed by atoms with Crippen molar-refractivity contribution in [2.75, 3.05) is 14.2 Å². The summed E-state index contributed by atoms with van der Waals surface area (Å²) in [4.78, 5) is 0. The van der Waals surface area contributed by atoms with Crippen molar-refractivity contribution in [1.82, 2.24) is 0 Å². The second-order valence-corrected chi connectivity index (χ2v) is 5.36. The minimum Gasteiger partial charge on any atom is -0.493 e. The molecular formula is C18H19F3O3. The number of rotatable bonds is 6. The third kappa shape index (κ3) is 4.41. The van der Waals surface area contributed by atoms with Crippen LogP contribution in [0.3, 0.4) is 0 Å². The maximum atomic E-state index is 12.5. The second-order valence-electron chi connectivity index (χ2n) is 5.36. The number of alkyl halides is 3. The topological polar surface area (TPSA) is 38.7 Å². The minimum atomic E-state index is -4.34. The Hall–Kier alpha value is -2.21. The number of ether oxygens (including phenoxy) is 2. The molecule has 1 N–H and O–H groups in total. The first-order valence-electron chi connectivity index (χ1n) is 7.41. The molecule has 0 spiro atoms. The fraction of sp³-hybridized carbons (Fsp3) is 0.333. The molecule has 3 nitrogen and oxygen atoms in total. The van der Waals surface area contributed by atoms with Crippen molar-refractivity contribution in [1.29, 1.82) is 0 Å². The zero-order chi connectivity index (χ0) is 17.7. The third-order valence-corrected chi connectivity index (χ3v) is 3.78. The van der Waals surface area contributed by atoms with Gasteiger partial charge in [-0.15, -0.1) is 0 Å². The van der Waals surface area contributed by atoms with Crippen molar-refractivity contribution in [3.63, 3.8) is 0 Å². The number of hydrogen-bond donors (Lipinski definition) is 1. The highest BCUT2D eigenvalue weighted by Gasteiger charge is 2.29. The molecule has 0 aliphatic carbocycles. The van der Waals surface area contributed by atoms with Gasteiger partial charge in [0.1, 0.15) is 0 Å². The maximum Gasteiger partial charge on any atom is 0.416 e. The Morgan fingerprint density at radius 3 is 2.12 bits per heavy atom. The molecule has 1 atom stereocenters. The van der Waals surface area contributed by atoms with Crippen LogP contribution in [0.4, 0.5) is 13.2 Å². The highest BCUT2D eigenvalue weighted by Crippen LogP contribution is 2.32. The first kappa shape index (κ1) is 18.1. The lowest BCUT2D eigenvalue weighted by atomic mass is 10.00. The first-order chi connectivity index (χ1) is 11.3. The highest BCUT2D eigenvalue weighted by molar-refractivity contribution is 5.43. The summed E-state index contributed by atoms with van der Waals surface area (Å²) in [5.41, 5.74) is 0.730. The van der Waals surface area contributed by atoms with Gasteiger partial charge in [-0.3, -0.25) is 0 Å². The molecule has 0 fully saturated rings. The van der Waals surface area contributed by atoms with Gasteiger partial charge in [-0.25, -0.2) is 0 Å². The summed E-state index contributed by atoms with van der Waals surface area (Å²) in [6, 6.07) is 10.1. The van der Waals surface area contributed by atoms with E-state index in [4.69, 9.17) is 9.47 Å². The molecule has 2 aromatic carbocycles. The normalized spacial score (nSPS) is 12.8. The fourth-order valence-corrected chi connectivity index (χ4v) is 2.39. The number of hydrogen-bond acceptors (Lipinski definition) is 3. The van der Waals surface area contributed by atoms with Gasteiger partial charge in [0.05, 0.1) is 25.9 Å². The number of aliphatic hydroxyl groups excluding tert-OH is 1. The summed E-state index contributed by atoms with van der Waals surface area (Å²) in [6.07, 6.45) is -4.22. The second kappa shape index (κ2) is 7.57. The predicted octanol–water partition coefficient (Wildman–Crippen LogP) is 4.39. The molecule has 0 heterocycles. The average Bonchev–Trinajstić information content (AvgIpc) is 2.58. The van der Waals surface area contributed by atoms with Gasteiger partial charge < -0.3 is 14.6 Å². The number of aryl methyl sites for hydroxylation is 1. The van der Waals surface area contributed by atoms with Gasteiger partial charge in [0.2, 0.25) is 0 Å². The predicted molar refractivity (Wildman–Crippen MR) is 84.3 cm³/mol. The molecule has 2 aromatic rings. The molecule has 0 amide bonds. The Bertz CT molecular complexity index is 666. The first-order valence-corrected chi connectivity index (χ1v) is 7.41. The fourth-order valence-electron chi connectivity index (χ4n) is 2.39. The van der Waals surface area contributed by atoms with Crippen LogP contribution in [0.25, 0.3) is 0 Å². The molecule has 6 heteroatoms. The Morgan fingerprint density at radius 1 is 0.958 bits per heavy atom. The molecule has 0 saturated heterocycles. The van der Waals surface area contributed by atoms with Crippen molar-refractivity contribution in [2.45, 2.75) is 25.1 Å². The lowest BCUT2D eigenvalue weighted by Crippen LogP contribution is -2.05. The van der Waals surface area contributed by atoms with Crippen LogP contribution in [0.15, 0.2) is 42.5 Å². The lowest BCUT2D eigenvalue weighted by molar-refractivity contribution is -0.137. The molecule has 130 valence electrons. The quantitative estimate of drug-likeness (QED) is 0.848. The lowest BCUT2D eigenvalue weighted by Gasteiger charge is -2.14. The standard InChI is InChI=1S/C18H19F3O3/c1-23-16-10-6-13(11-17(16)24-2)15(22)9-5-12-3-7-14(8-4-12)18(19,20)21/h3-4,6-8,10-11,15,22H,5,9H2,1-2H3. The van der Waals surface area contributed by atoms with E-state index in [-0.39, 0.29) is 0 Å². The summed E-state index contributed by atoms with van der Waals surface area (Å²) in [5.74, 6) is 1.08. The van der Waals surface area contributed by atoms with Gasteiger partial charge in [-0.05, 0) is 48.2 Å². The Morgan fingerprint density at radius 2 is 1.58 bits per heavy atom. The third-order valence-electron chi connectivity index (χ3n) is 3.78. The van der Waals surface area contributed by atoms with Crippen molar-refractivity contribution in [3.8, 4) is 11.5 Å². The van der Waals surface area contributed by atoms with Gasteiger partial charge in [-0.1, -0.05) is 18.2 Å². The van der Waals surface area contributed by atoms with Crippen molar-refractivity contribution in [2.24, 2.45) is 0 Å². The van der Waals surface area contributed by atoms with E-state index in [1.54, 1.807) is 18.2 Å². The Balaban J connectivity index is 2.01. The van der Waals surface area contributed by atoms with E-state index in [1.807, 2.05) is 0 Å². The molecule has 0 aliphatic heterocycles. The number of methoxy groups -OCH3 is 2. The molecule has 1 unspecified atom stereocenters. The van der Waals surface area contributed by atoms with Crippen LogP contribution in [-0.4, -0.2) is 19.3 Å². The molecule has 2 rings (SSSR count). The van der Waals surface area contributed by atoms with Crippen LogP contribution in [0, 0.1) is 0 Å². The summed E-state index contributed by atoms with van der Waals surface area (Å²) in [6.45, 7) is 0. The maximum absolute atomic E-state index is 12.5. The molecule has 0 bridgehead atoms. The monoisotopic (exact) mass is 340 g/mol. The largest absolute Gasteiger partial charge is 0.493 e. The van der Waals surface area contributed by atoms with E-state index >= 15 is 0 Å². The minimum absolute atomic E-state index is 0.390. The summed E-state index contributed by atoms with van der Waals surface area (Å²) in [7, 11) is 3.04. The van der Waals surface area contributed by atoms with Gasteiger partial charge in [0, 0.05) is 0 Å². The van der Waals surface area contributed by atoms with E-state index in [1.165, 1.54) is 26.4 Å². The van der Waals surface area contributed by atoms with Crippen LogP contribution in [0.5, 0.6) is 11.5 Å². The molecule has 0 aromatic heterocycles. The van der Waals surface area contributed by atoms with Crippen LogP contribution in [0.2, 0.25) is 0 Å². The van der Waals surface area contributed by atoms with Crippen LogP contribution in [-0.2, 0) is 12.6 Å². The van der Waals surface area contributed by atoms with Gasteiger partial charge in [0.25, 0.3) is 0 Å². The van der Waals surface area contributed by atoms with Gasteiger partial charge in [0.15, 0.2) is 11.5 Å². The van der Waals surface area contributed by atoms with Crippen molar-refractivity contribution < 1.29 is 27.8 Å². The highest BCUT2D eigenvalue weighted by atomic mass is 19.4. The van der Waals surface area contributed by atoms with E-state index in [0.29, 0.717) is 29.9 Å². The zero-order valence-electron chi connectivity index (χ0n) is 13.4. The average molecular weight is 340 g/mol. The van der Waals surface area contributed by atoms with Crippen LogP contribution >= 0.6 is 0 Å². The van der Waals surface area contributed by atoms with E-state index < -0.39 is 17.8 Å². The zero-order valence-corrected chi connectivity index (χ0v) is 13.4. The van der Waals surface area contributed by atoms with Crippen molar-refractivity contribution in [3.05, 3.63) is 59.2 Å². The number of halogens is 3. The SMILES string of the molecule is COc1ccc(C(O)CCc2ccc(C(F)(F)F)cc2)cc1OC. The van der Waals surface area contributed by atoms with Gasteiger partial charge >= 0.3 is 6.18 Å². The molecule has 0 saturated carbocycles. The molecule has 0 aliphatic rings. The smallest absolute Gasteiger partial charge is 0.416 e. The summed E-state index contributed by atoms with van der Waals surface area (Å²) < 4.78 is 47.9. The molecular weight excluding hydrogens is 321 g/mol. The molecule has 0 radical (unpaired) electrons. The van der Waals surface area contributed by atoms with E-state index in [0.717, 1.165) is 17.7 Å². The van der Waals surface area contributed by atoms with Crippen molar-refractivity contribution >= 4 is 0 Å². The number of benzene rings is 2.